The van der Waals surface area contributed by atoms with Crippen LogP contribution in [0, 0.1) is 23.7 Å². The van der Waals surface area contributed by atoms with Crippen molar-refractivity contribution in [1.29, 1.82) is 0 Å². The van der Waals surface area contributed by atoms with Gasteiger partial charge in [0, 0.05) is 31.2 Å². The van der Waals surface area contributed by atoms with E-state index in [0.29, 0.717) is 31.3 Å². The number of carboxylic acid groups (broad SMARTS) is 1. The molecule has 0 bridgehead atoms. The highest BCUT2D eigenvalue weighted by atomic mass is 32.1. The van der Waals surface area contributed by atoms with Gasteiger partial charge in [-0.2, -0.15) is 0 Å². The summed E-state index contributed by atoms with van der Waals surface area (Å²) in [6.45, 7) is 15.0. The second kappa shape index (κ2) is 22.4. The predicted octanol–water partition coefficient (Wildman–Crippen LogP) is 5.82. The number of phenols is 1. The lowest BCUT2D eigenvalue weighted by molar-refractivity contribution is -0.203. The van der Waals surface area contributed by atoms with Gasteiger partial charge < -0.3 is 25.6 Å². The van der Waals surface area contributed by atoms with E-state index in [1.165, 1.54) is 29.5 Å². The molecule has 6 atom stereocenters. The maximum absolute atomic E-state index is 14.6. The van der Waals surface area contributed by atoms with Crippen LogP contribution in [0.2, 0.25) is 0 Å². The van der Waals surface area contributed by atoms with E-state index >= 15 is 0 Å². The van der Waals surface area contributed by atoms with E-state index in [9.17, 15) is 34.2 Å². The summed E-state index contributed by atoms with van der Waals surface area (Å²) in [4.78, 5) is 79.3. The third-order valence-electron chi connectivity index (χ3n) is 10.5. The number of amides is 3. The third-order valence-corrected chi connectivity index (χ3v) is 11.4. The summed E-state index contributed by atoms with van der Waals surface area (Å²) in [5.74, 6) is -0.538. The Morgan fingerprint density at radius 1 is 1.16 bits per heavy atom. The second-order valence-corrected chi connectivity index (χ2v) is 16.8. The minimum absolute atomic E-state index is 0.0264. The number of nitrogens with zero attached hydrogens (tertiary/aromatic N) is 3. The molecule has 318 valence electrons. The van der Waals surface area contributed by atoms with Crippen molar-refractivity contribution in [3.8, 4) is 18.1 Å². The van der Waals surface area contributed by atoms with Gasteiger partial charge in [0.15, 0.2) is 6.10 Å². The van der Waals surface area contributed by atoms with Crippen molar-refractivity contribution in [3.63, 3.8) is 0 Å². The van der Waals surface area contributed by atoms with Crippen molar-refractivity contribution in [3.05, 3.63) is 58.1 Å². The van der Waals surface area contributed by atoms with Gasteiger partial charge in [-0.15, -0.1) is 23.7 Å². The molecule has 1 saturated heterocycles. The lowest BCUT2D eigenvalue weighted by atomic mass is 9.84. The zero-order chi connectivity index (χ0) is 43.2. The monoisotopic (exact) mass is 823 g/mol. The standard InChI is InChI=1S/C43H61N5O9S/c1-10-12-15-22-56-48(41(53)37(28(5)11-2)46-39(52)34-16-13-14-21-47(34)9)35(27(3)4)24-36(57-29(6)49)40-45-33(26-58-40)38(51)44-31(25-43(7,8)42(54)55)23-30-17-19-32(50)20-18-30/h1,17-20,26,28,31,34-37,50H,3,11-16,21-25H2,2,4-9H3,(H,44,51)(H,46,52)(H,54,55)/t28-,31-,34+,35+,36+,37-/m0/s1. The zero-order valence-corrected chi connectivity index (χ0v) is 35.7. The van der Waals surface area contributed by atoms with Crippen molar-refractivity contribution in [2.24, 2.45) is 11.3 Å². The Balaban J connectivity index is 1.94. The van der Waals surface area contributed by atoms with Gasteiger partial charge in [-0.25, -0.2) is 10.0 Å². The number of phenolic OH excluding ortho intramolecular Hbond substituents is 1. The molecule has 2 heterocycles. The molecule has 3 amide bonds. The fourth-order valence-corrected chi connectivity index (χ4v) is 7.65. The number of thiazole rings is 1. The molecule has 0 unspecified atom stereocenters. The first-order valence-electron chi connectivity index (χ1n) is 19.9. The lowest BCUT2D eigenvalue weighted by Crippen LogP contribution is -2.58. The first-order valence-corrected chi connectivity index (χ1v) is 20.8. The number of esters is 1. The summed E-state index contributed by atoms with van der Waals surface area (Å²) in [6.07, 6.45) is 8.84. The molecule has 3 rings (SSSR count). The first kappa shape index (κ1) is 47.6. The first-order chi connectivity index (χ1) is 27.4. The molecule has 2 aromatic rings. The fourth-order valence-electron chi connectivity index (χ4n) is 6.81. The average molecular weight is 824 g/mol. The van der Waals surface area contributed by atoms with Crippen molar-refractivity contribution >= 4 is 41.0 Å². The molecule has 0 aliphatic carbocycles. The molecule has 0 saturated carbocycles. The fraction of sp³-hybridized carbons (Fsp3) is 0.581. The SMILES string of the molecule is C#CCCCON(C(=O)[C@@H](NC(=O)[C@H]1CCCCN1C)[C@@H](C)CC)[C@H](C[C@@H](OC(C)=O)c1nc(C(=O)N[C@@H](Cc2ccc(O)cc2)CC(C)(C)C(=O)O)cs1)C(=C)C. The maximum Gasteiger partial charge on any atom is 0.309 e. The van der Waals surface area contributed by atoms with Crippen LogP contribution in [0.15, 0.2) is 41.8 Å². The molecule has 1 aromatic carbocycles. The number of ether oxygens (including phenoxy) is 1. The number of rotatable bonds is 22. The Labute approximate surface area is 346 Å². The number of carboxylic acids is 1. The summed E-state index contributed by atoms with van der Waals surface area (Å²) in [7, 11) is 1.90. The number of aromatic nitrogens is 1. The number of likely N-dealkylation sites (N-methyl/N-ethyl adjacent to an activating group) is 1. The third kappa shape index (κ3) is 14.0. The van der Waals surface area contributed by atoms with Gasteiger partial charge in [0.2, 0.25) is 5.91 Å². The zero-order valence-electron chi connectivity index (χ0n) is 34.9. The van der Waals surface area contributed by atoms with Gasteiger partial charge in [-0.1, -0.05) is 51.0 Å². The number of hydrogen-bond donors (Lipinski definition) is 4. The molecule has 0 spiro atoms. The summed E-state index contributed by atoms with van der Waals surface area (Å²) >= 11 is 1.09. The highest BCUT2D eigenvalue weighted by Gasteiger charge is 2.39. The number of hydroxylamine groups is 2. The molecule has 1 aliphatic rings. The molecule has 0 radical (unpaired) electrons. The summed E-state index contributed by atoms with van der Waals surface area (Å²) in [6, 6.07) is 3.65. The number of nitrogens with one attached hydrogen (secondary N) is 2. The number of likely N-dealkylation sites (tertiary alicyclic amines) is 1. The van der Waals surface area contributed by atoms with Crippen LogP contribution in [0.5, 0.6) is 5.75 Å². The van der Waals surface area contributed by atoms with E-state index in [4.69, 9.17) is 16.0 Å². The molecular formula is C43H61N5O9S. The van der Waals surface area contributed by atoms with Gasteiger partial charge in [-0.05, 0) is 90.1 Å². The second-order valence-electron chi connectivity index (χ2n) is 15.9. The van der Waals surface area contributed by atoms with Gasteiger partial charge in [-0.3, -0.25) is 33.7 Å². The Morgan fingerprint density at radius 2 is 1.84 bits per heavy atom. The summed E-state index contributed by atoms with van der Waals surface area (Å²) < 4.78 is 5.79. The number of piperidine rings is 1. The van der Waals surface area contributed by atoms with Crippen molar-refractivity contribution in [1.82, 2.24) is 25.6 Å². The topological polar surface area (TPSA) is 188 Å². The van der Waals surface area contributed by atoms with Crippen molar-refractivity contribution in [2.45, 2.75) is 130 Å². The average Bonchev–Trinajstić information content (AvgIpc) is 3.67. The van der Waals surface area contributed by atoms with E-state index < -0.39 is 53.4 Å². The summed E-state index contributed by atoms with van der Waals surface area (Å²) in [5, 5.41) is 28.6. The molecule has 1 fully saturated rings. The van der Waals surface area contributed by atoms with E-state index in [1.807, 2.05) is 25.8 Å². The summed E-state index contributed by atoms with van der Waals surface area (Å²) in [5.41, 5.74) is 0.144. The van der Waals surface area contributed by atoms with Gasteiger partial charge in [0.1, 0.15) is 22.5 Å². The van der Waals surface area contributed by atoms with E-state index in [2.05, 4.69) is 28.1 Å². The maximum atomic E-state index is 14.6. The van der Waals surface area contributed by atoms with Crippen LogP contribution in [-0.2, 0) is 35.2 Å². The van der Waals surface area contributed by atoms with E-state index in [-0.39, 0.29) is 60.2 Å². The molecule has 4 N–H and O–H groups in total. The number of unbranched alkanes of at least 4 members (excludes halogenated alkanes) is 1. The van der Waals surface area contributed by atoms with Gasteiger partial charge in [0.25, 0.3) is 11.8 Å². The van der Waals surface area contributed by atoms with Gasteiger partial charge in [0.05, 0.1) is 24.1 Å². The molecule has 1 aromatic heterocycles. The van der Waals surface area contributed by atoms with Crippen LogP contribution in [0.3, 0.4) is 0 Å². The number of aliphatic carboxylic acids is 1. The normalized spacial score (nSPS) is 17.1. The van der Waals surface area contributed by atoms with Crippen LogP contribution in [0.4, 0.5) is 0 Å². The minimum atomic E-state index is -1.17. The molecule has 14 nitrogen and oxygen atoms in total. The van der Waals surface area contributed by atoms with Crippen molar-refractivity contribution < 1.29 is 43.8 Å². The molecule has 1 aliphatic heterocycles. The number of benzene rings is 1. The Hall–Kier alpha value is -4.78. The highest BCUT2D eigenvalue weighted by molar-refractivity contribution is 7.09. The van der Waals surface area contributed by atoms with Crippen LogP contribution >= 0.6 is 11.3 Å². The van der Waals surface area contributed by atoms with Crippen LogP contribution in [0.1, 0.15) is 120 Å². The number of terminal acetylenes is 1. The highest BCUT2D eigenvalue weighted by Crippen LogP contribution is 2.32. The number of hydrogen-bond acceptors (Lipinski definition) is 11. The Morgan fingerprint density at radius 3 is 2.43 bits per heavy atom. The van der Waals surface area contributed by atoms with Crippen molar-refractivity contribution in [2.75, 3.05) is 20.2 Å². The predicted molar refractivity (Wildman–Crippen MR) is 221 cm³/mol. The molecular weight excluding hydrogens is 763 g/mol. The van der Waals surface area contributed by atoms with Crippen LogP contribution in [-0.4, -0.2) is 99.2 Å². The molecule has 15 heteroatoms. The van der Waals surface area contributed by atoms with Gasteiger partial charge >= 0.3 is 11.9 Å². The van der Waals surface area contributed by atoms with Crippen LogP contribution in [0.25, 0.3) is 0 Å². The largest absolute Gasteiger partial charge is 0.508 e. The van der Waals surface area contributed by atoms with Crippen LogP contribution < -0.4 is 10.6 Å². The Bertz CT molecular complexity index is 1770. The number of carbonyl (C=O) groups excluding carboxylic acids is 4. The Kier molecular flexibility index (Phi) is 18.4. The quantitative estimate of drug-likeness (QED) is 0.0369. The smallest absolute Gasteiger partial charge is 0.309 e. The van der Waals surface area contributed by atoms with E-state index in [0.717, 1.165) is 36.3 Å². The van der Waals surface area contributed by atoms with E-state index in [1.54, 1.807) is 32.9 Å². The lowest BCUT2D eigenvalue weighted by Gasteiger charge is -2.38. The molecule has 58 heavy (non-hydrogen) atoms. The minimum Gasteiger partial charge on any atom is -0.508 e. The number of carbonyl (C=O) groups is 5. The number of aromatic hydroxyl groups is 1.